The quantitative estimate of drug-likeness (QED) is 0.778. The predicted octanol–water partition coefficient (Wildman–Crippen LogP) is 2.49. The molecule has 154 valence electrons. The van der Waals surface area contributed by atoms with Crippen molar-refractivity contribution in [3.63, 3.8) is 0 Å². The van der Waals surface area contributed by atoms with Crippen LogP contribution in [0.1, 0.15) is 15.9 Å². The molecule has 2 aliphatic rings. The second kappa shape index (κ2) is 9.29. The number of benzene rings is 2. The fourth-order valence-electron chi connectivity index (χ4n) is 4.04. The maximum absolute atomic E-state index is 13.1. The fraction of sp³-hybridized carbons (Fsp3) is 0.435. The molecule has 2 aliphatic heterocycles. The van der Waals surface area contributed by atoms with Crippen LogP contribution >= 0.6 is 0 Å². The van der Waals surface area contributed by atoms with Crippen LogP contribution < -0.4 is 9.64 Å². The summed E-state index contributed by atoms with van der Waals surface area (Å²) in [5.74, 6) is 0.997. The van der Waals surface area contributed by atoms with Crippen molar-refractivity contribution in [1.82, 2.24) is 9.80 Å². The maximum Gasteiger partial charge on any atom is 0.253 e. The molecule has 2 aromatic carbocycles. The minimum atomic E-state index is 0.119. The Morgan fingerprint density at radius 3 is 2.48 bits per heavy atom. The molecule has 4 rings (SSSR count). The van der Waals surface area contributed by atoms with Gasteiger partial charge in [-0.05, 0) is 29.8 Å². The van der Waals surface area contributed by atoms with Gasteiger partial charge in [-0.25, -0.2) is 0 Å². The van der Waals surface area contributed by atoms with E-state index >= 15 is 0 Å². The number of hydrogen-bond donors (Lipinski definition) is 0. The highest BCUT2D eigenvalue weighted by Gasteiger charge is 2.24. The van der Waals surface area contributed by atoms with E-state index in [4.69, 9.17) is 9.47 Å². The van der Waals surface area contributed by atoms with Crippen molar-refractivity contribution in [2.24, 2.45) is 0 Å². The van der Waals surface area contributed by atoms with Crippen molar-refractivity contribution in [2.45, 2.75) is 6.54 Å². The summed E-state index contributed by atoms with van der Waals surface area (Å²) in [4.78, 5) is 19.7. The normalized spacial score (nSPS) is 18.0. The number of ether oxygens (including phenoxy) is 2. The minimum absolute atomic E-state index is 0.119. The van der Waals surface area contributed by atoms with Crippen molar-refractivity contribution in [1.29, 1.82) is 0 Å². The highest BCUT2D eigenvalue weighted by molar-refractivity contribution is 5.94. The Morgan fingerprint density at radius 2 is 1.72 bits per heavy atom. The summed E-state index contributed by atoms with van der Waals surface area (Å²) < 4.78 is 10.9. The van der Waals surface area contributed by atoms with E-state index in [0.717, 1.165) is 62.9 Å². The van der Waals surface area contributed by atoms with Gasteiger partial charge in [-0.2, -0.15) is 0 Å². The Labute approximate surface area is 172 Å². The third-order valence-corrected chi connectivity index (χ3v) is 5.68. The van der Waals surface area contributed by atoms with Gasteiger partial charge in [0.15, 0.2) is 0 Å². The van der Waals surface area contributed by atoms with Crippen molar-refractivity contribution in [3.05, 3.63) is 59.7 Å². The molecule has 2 saturated heterocycles. The number of carbonyl (C=O) groups is 1. The predicted molar refractivity (Wildman–Crippen MR) is 114 cm³/mol. The Balaban J connectivity index is 1.37. The topological polar surface area (TPSA) is 45.2 Å². The van der Waals surface area contributed by atoms with E-state index in [2.05, 4.69) is 21.9 Å². The van der Waals surface area contributed by atoms with Crippen LogP contribution in [0.15, 0.2) is 48.5 Å². The van der Waals surface area contributed by atoms with E-state index in [1.807, 2.05) is 41.3 Å². The summed E-state index contributed by atoms with van der Waals surface area (Å²) in [6.45, 7) is 7.37. The van der Waals surface area contributed by atoms with Crippen LogP contribution in [0.25, 0.3) is 0 Å². The van der Waals surface area contributed by atoms with Gasteiger partial charge in [-0.15, -0.1) is 0 Å². The summed E-state index contributed by atoms with van der Waals surface area (Å²) in [6.07, 6.45) is 0. The van der Waals surface area contributed by atoms with Gasteiger partial charge in [0.1, 0.15) is 5.75 Å². The van der Waals surface area contributed by atoms with E-state index in [-0.39, 0.29) is 5.91 Å². The number of morpholine rings is 1. The zero-order chi connectivity index (χ0) is 20.1. The fourth-order valence-corrected chi connectivity index (χ4v) is 4.04. The number of carbonyl (C=O) groups excluding carboxylic acids is 1. The number of anilines is 1. The van der Waals surface area contributed by atoms with Crippen LogP contribution in [0.5, 0.6) is 5.75 Å². The van der Waals surface area contributed by atoms with E-state index in [0.29, 0.717) is 13.1 Å². The number of amides is 1. The Kier molecular flexibility index (Phi) is 6.32. The van der Waals surface area contributed by atoms with Crippen LogP contribution in [0.3, 0.4) is 0 Å². The molecular weight excluding hydrogens is 366 g/mol. The summed E-state index contributed by atoms with van der Waals surface area (Å²) >= 11 is 0. The molecule has 2 aromatic rings. The average Bonchev–Trinajstić information content (AvgIpc) is 2.79. The van der Waals surface area contributed by atoms with Crippen molar-refractivity contribution < 1.29 is 14.3 Å². The van der Waals surface area contributed by atoms with E-state index in [9.17, 15) is 4.79 Å². The van der Waals surface area contributed by atoms with Crippen LogP contribution in [0.4, 0.5) is 5.69 Å². The molecule has 2 heterocycles. The lowest BCUT2D eigenvalue weighted by Crippen LogP contribution is -2.48. The molecule has 0 aliphatic carbocycles. The molecular formula is C23H29N3O3. The zero-order valence-corrected chi connectivity index (χ0v) is 17.0. The van der Waals surface area contributed by atoms with Gasteiger partial charge in [0.25, 0.3) is 5.91 Å². The van der Waals surface area contributed by atoms with Crippen LogP contribution in [-0.4, -0.2) is 75.3 Å². The highest BCUT2D eigenvalue weighted by atomic mass is 16.5. The Bertz CT molecular complexity index is 828. The number of hydrogen-bond acceptors (Lipinski definition) is 5. The van der Waals surface area contributed by atoms with E-state index < -0.39 is 0 Å². The van der Waals surface area contributed by atoms with Crippen LogP contribution in [0, 0.1) is 0 Å². The molecule has 0 saturated carbocycles. The molecule has 2 fully saturated rings. The smallest absolute Gasteiger partial charge is 0.253 e. The molecule has 6 heteroatoms. The number of nitrogens with zero attached hydrogens (tertiary/aromatic N) is 3. The first kappa shape index (κ1) is 19.7. The molecule has 0 atom stereocenters. The summed E-state index contributed by atoms with van der Waals surface area (Å²) in [6, 6.07) is 16.1. The highest BCUT2D eigenvalue weighted by Crippen LogP contribution is 2.28. The second-order valence-electron chi connectivity index (χ2n) is 7.54. The second-order valence-corrected chi connectivity index (χ2v) is 7.54. The minimum Gasteiger partial charge on any atom is -0.495 e. The molecule has 29 heavy (non-hydrogen) atoms. The first-order valence-electron chi connectivity index (χ1n) is 10.3. The molecule has 0 radical (unpaired) electrons. The molecule has 0 bridgehead atoms. The first-order chi connectivity index (χ1) is 14.2. The van der Waals surface area contributed by atoms with E-state index in [1.165, 1.54) is 5.56 Å². The van der Waals surface area contributed by atoms with Gasteiger partial charge in [0.2, 0.25) is 0 Å². The monoisotopic (exact) mass is 395 g/mol. The largest absolute Gasteiger partial charge is 0.495 e. The number of para-hydroxylation sites is 2. The van der Waals surface area contributed by atoms with Crippen molar-refractivity contribution in [2.75, 3.05) is 64.5 Å². The standard InChI is InChI=1S/C23H29N3O3/c1-28-22-8-3-2-7-21(22)25-9-11-26(12-10-25)23(27)20-6-4-5-19(17-20)18-24-13-15-29-16-14-24/h2-8,17H,9-16,18H2,1H3. The maximum atomic E-state index is 13.1. The molecule has 0 N–H and O–H groups in total. The van der Waals surface area contributed by atoms with Crippen molar-refractivity contribution >= 4 is 11.6 Å². The van der Waals surface area contributed by atoms with E-state index in [1.54, 1.807) is 7.11 Å². The van der Waals surface area contributed by atoms with Crippen LogP contribution in [-0.2, 0) is 11.3 Å². The molecule has 6 nitrogen and oxygen atoms in total. The summed E-state index contributed by atoms with van der Waals surface area (Å²) in [5.41, 5.74) is 3.06. The van der Waals surface area contributed by atoms with Crippen molar-refractivity contribution in [3.8, 4) is 5.75 Å². The van der Waals surface area contributed by atoms with Gasteiger partial charge >= 0.3 is 0 Å². The lowest BCUT2D eigenvalue weighted by molar-refractivity contribution is 0.0341. The number of methoxy groups -OCH3 is 1. The van der Waals surface area contributed by atoms with Crippen LogP contribution in [0.2, 0.25) is 0 Å². The summed E-state index contributed by atoms with van der Waals surface area (Å²) in [7, 11) is 1.70. The third kappa shape index (κ3) is 4.71. The third-order valence-electron chi connectivity index (χ3n) is 5.68. The SMILES string of the molecule is COc1ccccc1N1CCN(C(=O)c2cccc(CN3CCOCC3)c2)CC1. The lowest BCUT2D eigenvalue weighted by atomic mass is 10.1. The summed E-state index contributed by atoms with van der Waals surface area (Å²) in [5, 5.41) is 0. The molecule has 0 spiro atoms. The van der Waals surface area contributed by atoms with Gasteiger partial charge < -0.3 is 19.3 Å². The van der Waals surface area contributed by atoms with Gasteiger partial charge in [0, 0.05) is 51.4 Å². The lowest BCUT2D eigenvalue weighted by Gasteiger charge is -2.36. The first-order valence-corrected chi connectivity index (χ1v) is 10.3. The molecule has 0 unspecified atom stereocenters. The zero-order valence-electron chi connectivity index (χ0n) is 17.0. The average molecular weight is 396 g/mol. The Morgan fingerprint density at radius 1 is 0.966 bits per heavy atom. The van der Waals surface area contributed by atoms with Gasteiger partial charge in [-0.1, -0.05) is 24.3 Å². The molecule has 0 aromatic heterocycles. The van der Waals surface area contributed by atoms with Gasteiger partial charge in [-0.3, -0.25) is 9.69 Å². The number of rotatable bonds is 5. The van der Waals surface area contributed by atoms with Gasteiger partial charge in [0.05, 0.1) is 26.0 Å². The Hall–Kier alpha value is -2.57. The molecule has 1 amide bonds. The number of piperazine rings is 1.